The monoisotopic (exact) mass is 363 g/mol. The van der Waals surface area contributed by atoms with Gasteiger partial charge >= 0.3 is 0 Å². The zero-order valence-electron chi connectivity index (χ0n) is 15.9. The van der Waals surface area contributed by atoms with E-state index in [-0.39, 0.29) is 11.9 Å². The van der Waals surface area contributed by atoms with Crippen molar-refractivity contribution in [1.29, 1.82) is 0 Å². The van der Waals surface area contributed by atoms with E-state index in [1.165, 1.54) is 0 Å². The topological polar surface area (TPSA) is 83.3 Å². The van der Waals surface area contributed by atoms with Gasteiger partial charge in [-0.05, 0) is 37.1 Å². The summed E-state index contributed by atoms with van der Waals surface area (Å²) in [7, 11) is 1.97. The Bertz CT molecular complexity index is 886. The Morgan fingerprint density at radius 2 is 2.07 bits per heavy atom. The van der Waals surface area contributed by atoms with Crippen LogP contribution in [0.4, 0.5) is 11.5 Å². The Kier molecular flexibility index (Phi) is 5.57. The Balaban J connectivity index is 1.77. The number of carbonyl (C=O) groups excluding carboxylic acids is 1. The van der Waals surface area contributed by atoms with Gasteiger partial charge in [-0.2, -0.15) is 0 Å². The van der Waals surface area contributed by atoms with E-state index in [0.29, 0.717) is 17.9 Å². The molecule has 1 unspecified atom stereocenters. The number of amides is 1. The quantitative estimate of drug-likeness (QED) is 0.711. The van der Waals surface area contributed by atoms with Crippen LogP contribution in [0.3, 0.4) is 0 Å². The van der Waals surface area contributed by atoms with Gasteiger partial charge in [0.1, 0.15) is 5.82 Å². The highest BCUT2D eigenvalue weighted by atomic mass is 16.1. The highest BCUT2D eigenvalue weighted by molar-refractivity contribution is 5.94. The van der Waals surface area contributed by atoms with Crippen LogP contribution in [-0.2, 0) is 0 Å². The van der Waals surface area contributed by atoms with Crippen molar-refractivity contribution < 1.29 is 4.79 Å². The van der Waals surface area contributed by atoms with Crippen LogP contribution in [0.2, 0.25) is 0 Å². The van der Waals surface area contributed by atoms with Gasteiger partial charge in [-0.15, -0.1) is 0 Å². The summed E-state index contributed by atoms with van der Waals surface area (Å²) >= 11 is 0. The molecule has 3 rings (SSSR count). The minimum atomic E-state index is -0.0954. The summed E-state index contributed by atoms with van der Waals surface area (Å²) in [6, 6.07) is 7.56. The van der Waals surface area contributed by atoms with Crippen LogP contribution in [0.15, 0.2) is 54.8 Å². The number of benzene rings is 1. The molecular weight excluding hydrogens is 338 g/mol. The number of nitrogens with zero attached hydrogens (tertiary/aromatic N) is 2. The van der Waals surface area contributed by atoms with Crippen molar-refractivity contribution in [3.63, 3.8) is 0 Å². The fourth-order valence-corrected chi connectivity index (χ4v) is 3.22. The van der Waals surface area contributed by atoms with Crippen molar-refractivity contribution in [3.05, 3.63) is 77.0 Å². The van der Waals surface area contributed by atoms with E-state index >= 15 is 0 Å². The number of carbonyl (C=O) groups is 1. The van der Waals surface area contributed by atoms with E-state index in [2.05, 4.69) is 15.7 Å². The molecule has 27 heavy (non-hydrogen) atoms. The molecule has 0 radical (unpaired) electrons. The Hall–Kier alpha value is -3.12. The number of aryl methyl sites for hydroxylation is 1. The van der Waals surface area contributed by atoms with Gasteiger partial charge < -0.3 is 16.5 Å². The van der Waals surface area contributed by atoms with Crippen LogP contribution in [0, 0.1) is 6.92 Å². The third-order valence-corrected chi connectivity index (χ3v) is 4.59. The molecule has 0 fully saturated rings. The molecule has 6 nitrogen and oxygen atoms in total. The lowest BCUT2D eigenvalue weighted by Crippen LogP contribution is -2.25. The van der Waals surface area contributed by atoms with Crippen LogP contribution in [0.25, 0.3) is 0 Å². The fourth-order valence-electron chi connectivity index (χ4n) is 3.22. The zero-order chi connectivity index (χ0) is 19.4. The van der Waals surface area contributed by atoms with E-state index in [9.17, 15) is 4.79 Å². The Labute approximate surface area is 159 Å². The van der Waals surface area contributed by atoms with Crippen molar-refractivity contribution in [2.45, 2.75) is 19.9 Å². The molecule has 2 heterocycles. The van der Waals surface area contributed by atoms with Crippen LogP contribution >= 0.6 is 0 Å². The number of hydrazine groups is 1. The highest BCUT2D eigenvalue weighted by Crippen LogP contribution is 2.42. The fraction of sp³-hybridized carbons (Fsp3) is 0.238. The second-order valence-corrected chi connectivity index (χ2v) is 6.53. The second kappa shape index (κ2) is 8.05. The normalized spacial score (nSPS) is 16.6. The summed E-state index contributed by atoms with van der Waals surface area (Å²) in [4.78, 5) is 16.6. The third-order valence-electron chi connectivity index (χ3n) is 4.59. The van der Waals surface area contributed by atoms with E-state index in [4.69, 9.17) is 5.73 Å². The number of pyridine rings is 1. The molecule has 6 heteroatoms. The number of hydrogen-bond acceptors (Lipinski definition) is 5. The second-order valence-electron chi connectivity index (χ2n) is 6.53. The van der Waals surface area contributed by atoms with E-state index < -0.39 is 0 Å². The number of allylic oxidation sites excluding steroid dienone is 3. The maximum absolute atomic E-state index is 12.3. The van der Waals surface area contributed by atoms with Gasteiger partial charge in [0.2, 0.25) is 0 Å². The van der Waals surface area contributed by atoms with E-state index in [1.54, 1.807) is 6.20 Å². The van der Waals surface area contributed by atoms with Crippen molar-refractivity contribution >= 4 is 17.4 Å². The van der Waals surface area contributed by atoms with Gasteiger partial charge in [0.15, 0.2) is 0 Å². The van der Waals surface area contributed by atoms with Crippen molar-refractivity contribution in [3.8, 4) is 0 Å². The lowest BCUT2D eigenvalue weighted by molar-refractivity contribution is 0.0958. The van der Waals surface area contributed by atoms with Gasteiger partial charge in [-0.1, -0.05) is 36.4 Å². The number of nitrogens with one attached hydrogen (secondary N) is 2. The van der Waals surface area contributed by atoms with Gasteiger partial charge in [-0.3, -0.25) is 4.79 Å². The lowest BCUT2D eigenvalue weighted by atomic mass is 9.97. The number of fused-ring (bicyclic) bond motifs is 1. The highest BCUT2D eigenvalue weighted by Gasteiger charge is 2.32. The standard InChI is InChI=1S/C21H25N5O/c1-4-5-6-7-12-23-21(27)16-10-8-15(9-11-16)19-17-18(25-26(19)3)14(2)13-24-20(17)22/h4-11,13,19,25H,12H2,1-3H3,(H2,22,24)(H,23,27)/b5-4-,7-6-. The number of nitrogens with two attached hydrogens (primary N) is 1. The van der Waals surface area contributed by atoms with Crippen molar-refractivity contribution in [2.24, 2.45) is 0 Å². The molecule has 2 aromatic rings. The van der Waals surface area contributed by atoms with Crippen molar-refractivity contribution in [2.75, 3.05) is 24.8 Å². The minimum absolute atomic E-state index is 0.0479. The molecule has 0 saturated carbocycles. The Morgan fingerprint density at radius 3 is 2.78 bits per heavy atom. The first-order chi connectivity index (χ1) is 13.0. The minimum Gasteiger partial charge on any atom is -0.383 e. The number of aromatic nitrogens is 1. The molecular formula is C21H25N5O. The third kappa shape index (κ3) is 3.85. The first-order valence-electron chi connectivity index (χ1n) is 8.93. The van der Waals surface area contributed by atoms with Crippen LogP contribution in [0.1, 0.15) is 40.0 Å². The number of nitrogen functional groups attached to an aromatic ring is 1. The van der Waals surface area contributed by atoms with Gasteiger partial charge in [0.05, 0.1) is 11.7 Å². The average molecular weight is 363 g/mol. The molecule has 1 aromatic heterocycles. The molecule has 1 aromatic carbocycles. The first kappa shape index (κ1) is 18.7. The maximum atomic E-state index is 12.3. The van der Waals surface area contributed by atoms with Crippen molar-refractivity contribution in [1.82, 2.24) is 15.3 Å². The molecule has 0 aliphatic carbocycles. The predicted molar refractivity (Wildman–Crippen MR) is 109 cm³/mol. The molecule has 1 amide bonds. The average Bonchev–Trinajstić information content (AvgIpc) is 3.03. The summed E-state index contributed by atoms with van der Waals surface area (Å²) in [5.41, 5.74) is 14.2. The zero-order valence-corrected chi connectivity index (χ0v) is 15.9. The summed E-state index contributed by atoms with van der Waals surface area (Å²) in [6.07, 6.45) is 9.45. The van der Waals surface area contributed by atoms with Crippen LogP contribution in [-0.4, -0.2) is 29.5 Å². The number of rotatable bonds is 5. The summed E-state index contributed by atoms with van der Waals surface area (Å²) in [5, 5.41) is 4.89. The SMILES string of the molecule is C/C=C\C=C/CNC(=O)c1ccc(C2c3c(N)ncc(C)c3NN2C)cc1. The molecule has 4 N–H and O–H groups in total. The smallest absolute Gasteiger partial charge is 0.251 e. The molecule has 1 aliphatic heterocycles. The largest absolute Gasteiger partial charge is 0.383 e. The van der Waals surface area contributed by atoms with Crippen LogP contribution < -0.4 is 16.5 Å². The molecule has 1 aliphatic rings. The summed E-state index contributed by atoms with van der Waals surface area (Å²) in [5.74, 6) is 0.425. The summed E-state index contributed by atoms with van der Waals surface area (Å²) in [6.45, 7) is 4.45. The molecule has 0 saturated heterocycles. The van der Waals surface area contributed by atoms with Gasteiger partial charge in [-0.25, -0.2) is 9.99 Å². The van der Waals surface area contributed by atoms with Crippen LogP contribution in [0.5, 0.6) is 0 Å². The summed E-state index contributed by atoms with van der Waals surface area (Å²) < 4.78 is 0. The Morgan fingerprint density at radius 1 is 1.33 bits per heavy atom. The maximum Gasteiger partial charge on any atom is 0.251 e. The number of hydrogen-bond donors (Lipinski definition) is 3. The molecule has 0 bridgehead atoms. The first-order valence-corrected chi connectivity index (χ1v) is 8.93. The lowest BCUT2D eigenvalue weighted by Gasteiger charge is -2.21. The van der Waals surface area contributed by atoms with Gasteiger partial charge in [0, 0.05) is 30.9 Å². The van der Waals surface area contributed by atoms with E-state index in [1.807, 2.05) is 74.5 Å². The number of anilines is 2. The molecule has 140 valence electrons. The van der Waals surface area contributed by atoms with Gasteiger partial charge in [0.25, 0.3) is 5.91 Å². The predicted octanol–water partition coefficient (Wildman–Crippen LogP) is 3.20. The molecule has 1 atom stereocenters. The molecule has 0 spiro atoms. The van der Waals surface area contributed by atoms with E-state index in [0.717, 1.165) is 22.4 Å².